The number of hydrogen-bond donors (Lipinski definition) is 0. The van der Waals surface area contributed by atoms with Gasteiger partial charge in [0, 0.05) is 48.2 Å². The molecule has 4 N–H and O–H groups in total. The van der Waals surface area contributed by atoms with Crippen LogP contribution >= 0.6 is 0 Å². The molecular weight excluding hydrogens is 391 g/mol. The van der Waals surface area contributed by atoms with E-state index in [2.05, 4.69) is 0 Å². The summed E-state index contributed by atoms with van der Waals surface area (Å²) in [7, 11) is 0. The largest absolute Gasteiger partial charge is 0.412 e. The van der Waals surface area contributed by atoms with Gasteiger partial charge < -0.3 is 11.0 Å². The summed E-state index contributed by atoms with van der Waals surface area (Å²) in [5, 5.41) is 0. The van der Waals surface area contributed by atoms with E-state index in [0.29, 0.717) is 0 Å². The van der Waals surface area contributed by atoms with Crippen LogP contribution in [0, 0.1) is 0 Å². The summed E-state index contributed by atoms with van der Waals surface area (Å²) in [5.74, 6) is 0. The van der Waals surface area contributed by atoms with Crippen LogP contribution in [0.15, 0.2) is 0 Å². The Labute approximate surface area is 58.9 Å². The summed E-state index contributed by atoms with van der Waals surface area (Å²) in [6, 6.07) is 0. The zero-order chi connectivity index (χ0) is 0. The van der Waals surface area contributed by atoms with E-state index in [-0.39, 0.29) is 59.2 Å². The Balaban J connectivity index is 0. The van der Waals surface area contributed by atoms with Gasteiger partial charge in [-0.2, -0.15) is 0 Å². The second kappa shape index (κ2) is 24.1. The van der Waals surface area contributed by atoms with Crippen LogP contribution in [0.2, 0.25) is 0 Å². The molecule has 0 bridgehead atoms. The minimum Gasteiger partial charge on any atom is -0.412 e. The Morgan fingerprint density at radius 2 is 0.750 bits per heavy atom. The van der Waals surface area contributed by atoms with Gasteiger partial charge >= 0.3 is 0 Å². The van der Waals surface area contributed by atoms with E-state index in [1.807, 2.05) is 0 Å². The van der Waals surface area contributed by atoms with Crippen molar-refractivity contribution < 1.29 is 59.2 Å². The zero-order valence-corrected chi connectivity index (χ0v) is 8.75. The normalized spacial score (nSPS) is 0. The molecule has 4 heteroatoms. The van der Waals surface area contributed by atoms with E-state index in [4.69, 9.17) is 0 Å². The molecule has 4 heavy (non-hydrogen) atoms. The molecule has 0 heterocycles. The minimum absolute atomic E-state index is 0. The van der Waals surface area contributed by atoms with E-state index in [1.54, 1.807) is 0 Å². The van der Waals surface area contributed by atoms with Crippen molar-refractivity contribution in [3.05, 3.63) is 0 Å². The Hall–Kier alpha value is 1.53. The van der Waals surface area contributed by atoms with Crippen LogP contribution in [0.3, 0.4) is 0 Å². The van der Waals surface area contributed by atoms with Crippen LogP contribution < -0.4 is 0 Å². The summed E-state index contributed by atoms with van der Waals surface area (Å²) in [6.45, 7) is 0. The monoisotopic (exact) mass is 397 g/mol. The van der Waals surface area contributed by atoms with Gasteiger partial charge in [0.05, 0.1) is 0 Å². The van der Waals surface area contributed by atoms with Crippen molar-refractivity contribution in [2.24, 2.45) is 0 Å². The smallest absolute Gasteiger partial charge is 0 e. The summed E-state index contributed by atoms with van der Waals surface area (Å²) < 4.78 is 0. The molecule has 0 unspecified atom stereocenters. The third-order valence-corrected chi connectivity index (χ3v) is 0. The SMILES string of the molecule is O.O.[Hf].[Ta]. The second-order valence-electron chi connectivity index (χ2n) is 0. The van der Waals surface area contributed by atoms with Crippen molar-refractivity contribution in [3.8, 4) is 0 Å². The molecule has 0 spiro atoms. The van der Waals surface area contributed by atoms with E-state index < -0.39 is 0 Å². The molecule has 0 saturated carbocycles. The van der Waals surface area contributed by atoms with Gasteiger partial charge in [0.25, 0.3) is 0 Å². The molecular formula is H4HfO2Ta. The van der Waals surface area contributed by atoms with Gasteiger partial charge in [0.15, 0.2) is 0 Å². The van der Waals surface area contributed by atoms with E-state index >= 15 is 0 Å². The molecule has 0 aromatic rings. The van der Waals surface area contributed by atoms with Crippen molar-refractivity contribution in [1.82, 2.24) is 0 Å². The Morgan fingerprint density at radius 3 is 0.750 bits per heavy atom. The van der Waals surface area contributed by atoms with Crippen molar-refractivity contribution >= 4 is 0 Å². The van der Waals surface area contributed by atoms with Gasteiger partial charge in [-0.3, -0.25) is 0 Å². The maximum absolute atomic E-state index is 0. The summed E-state index contributed by atoms with van der Waals surface area (Å²) in [5.41, 5.74) is 0. The average molecular weight is 395 g/mol. The molecule has 0 aromatic heterocycles. The number of hydrogen-bond acceptors (Lipinski definition) is 0. The molecule has 0 aromatic carbocycles. The minimum atomic E-state index is 0. The maximum atomic E-state index is 0. The average Bonchev–Trinajstić information content (AvgIpc) is 0. The van der Waals surface area contributed by atoms with Gasteiger partial charge in [-0.1, -0.05) is 0 Å². The first-order valence-electron chi connectivity index (χ1n) is 0. The first-order valence-corrected chi connectivity index (χ1v) is 0. The quantitative estimate of drug-likeness (QED) is 0.441. The first kappa shape index (κ1) is 48.5. The fraction of sp³-hybridized carbons (Fsp3) is 0. The Bertz CT molecular complexity index is 6.00. The molecule has 0 atom stereocenters. The molecule has 25 valence electrons. The Kier molecular flexibility index (Phi) is 292. The van der Waals surface area contributed by atoms with E-state index in [9.17, 15) is 0 Å². The topological polar surface area (TPSA) is 63.0 Å². The third kappa shape index (κ3) is 9.65. The zero-order valence-electron chi connectivity index (χ0n) is 1.95. The predicted octanol–water partition coefficient (Wildman–Crippen LogP) is -1.65. The van der Waals surface area contributed by atoms with Crippen LogP contribution in [0.5, 0.6) is 0 Å². The van der Waals surface area contributed by atoms with Crippen molar-refractivity contribution in [2.75, 3.05) is 0 Å². The van der Waals surface area contributed by atoms with Crippen LogP contribution in [0.25, 0.3) is 0 Å². The van der Waals surface area contributed by atoms with Crippen LogP contribution in [0.1, 0.15) is 0 Å². The molecule has 0 rings (SSSR count). The van der Waals surface area contributed by atoms with Crippen LogP contribution in [0.4, 0.5) is 0 Å². The third-order valence-electron chi connectivity index (χ3n) is 0. The van der Waals surface area contributed by atoms with Crippen LogP contribution in [-0.2, 0) is 48.2 Å². The van der Waals surface area contributed by atoms with Gasteiger partial charge in [-0.15, -0.1) is 0 Å². The van der Waals surface area contributed by atoms with Gasteiger partial charge in [-0.05, 0) is 0 Å². The molecule has 1 radical (unpaired) electrons. The molecule has 0 aliphatic rings. The van der Waals surface area contributed by atoms with E-state index in [0.717, 1.165) is 0 Å². The van der Waals surface area contributed by atoms with Crippen molar-refractivity contribution in [1.29, 1.82) is 0 Å². The molecule has 0 aliphatic heterocycles. The molecule has 0 fully saturated rings. The fourth-order valence-corrected chi connectivity index (χ4v) is 0. The second-order valence-corrected chi connectivity index (χ2v) is 0. The predicted molar refractivity (Wildman–Crippen MR) is 7.23 cm³/mol. The first-order chi connectivity index (χ1) is 0. The van der Waals surface area contributed by atoms with Gasteiger partial charge in [0.1, 0.15) is 0 Å². The van der Waals surface area contributed by atoms with Crippen molar-refractivity contribution in [2.45, 2.75) is 0 Å². The Morgan fingerprint density at radius 1 is 0.750 bits per heavy atom. The van der Waals surface area contributed by atoms with Gasteiger partial charge in [-0.25, -0.2) is 0 Å². The molecule has 0 aliphatic carbocycles. The standard InChI is InChI=1S/Hf.2H2O.Ta/h;2*1H2;. The summed E-state index contributed by atoms with van der Waals surface area (Å²) in [6.07, 6.45) is 0. The summed E-state index contributed by atoms with van der Waals surface area (Å²) >= 11 is 0. The number of rotatable bonds is 0. The molecule has 0 amide bonds. The molecule has 0 saturated heterocycles. The van der Waals surface area contributed by atoms with Crippen molar-refractivity contribution in [3.63, 3.8) is 0 Å². The maximum Gasteiger partial charge on any atom is 0 e. The molecule has 2 nitrogen and oxygen atoms in total. The van der Waals surface area contributed by atoms with Crippen LogP contribution in [-0.4, -0.2) is 11.0 Å². The van der Waals surface area contributed by atoms with Gasteiger partial charge in [0.2, 0.25) is 0 Å². The summed E-state index contributed by atoms with van der Waals surface area (Å²) in [4.78, 5) is 0. The van der Waals surface area contributed by atoms with E-state index in [1.165, 1.54) is 0 Å². The fourth-order valence-electron chi connectivity index (χ4n) is 0.